The lowest BCUT2D eigenvalue weighted by Gasteiger charge is -2.34. The lowest BCUT2D eigenvalue weighted by atomic mass is 9.86. The van der Waals surface area contributed by atoms with Gasteiger partial charge in [-0.25, -0.2) is 0 Å². The summed E-state index contributed by atoms with van der Waals surface area (Å²) in [5, 5.41) is 3.59. The molecule has 0 aromatic heterocycles. The van der Waals surface area contributed by atoms with Gasteiger partial charge in [0, 0.05) is 32.2 Å². The molecule has 2 atom stereocenters. The van der Waals surface area contributed by atoms with Gasteiger partial charge in [0.1, 0.15) is 0 Å². The topological polar surface area (TPSA) is 15.3 Å². The van der Waals surface area contributed by atoms with Crippen LogP contribution in [-0.2, 0) is 13.0 Å². The van der Waals surface area contributed by atoms with Gasteiger partial charge in [0.05, 0.1) is 5.92 Å². The van der Waals surface area contributed by atoms with Gasteiger partial charge in [-0.1, -0.05) is 72.8 Å². The number of benzene rings is 2. The molecule has 4 rings (SSSR count). The van der Waals surface area contributed by atoms with Gasteiger partial charge < -0.3 is 5.32 Å². The molecule has 2 unspecified atom stereocenters. The fourth-order valence-electron chi connectivity index (χ4n) is 4.37. The van der Waals surface area contributed by atoms with Gasteiger partial charge in [0.15, 0.2) is 0 Å². The van der Waals surface area contributed by atoms with Gasteiger partial charge >= 0.3 is 6.18 Å². The first-order valence-electron chi connectivity index (χ1n) is 10.5. The first kappa shape index (κ1) is 20.9. The predicted molar refractivity (Wildman–Crippen MR) is 115 cm³/mol. The Morgan fingerprint density at radius 3 is 2.47 bits per heavy atom. The standard InChI is InChI=1S/C25H27F3N2/c26-25(27,28)24-9-5-4-8-23(24)21-12-10-20(11-13-21)17-30-15-14-29-22(18-30)16-19-6-2-1-3-7-19/h1-8,10-13,22,24,29H,9,14-18H2. The highest BCUT2D eigenvalue weighted by Gasteiger charge is 2.41. The summed E-state index contributed by atoms with van der Waals surface area (Å²) in [6, 6.07) is 18.5. The maximum Gasteiger partial charge on any atom is 0.396 e. The van der Waals surface area contributed by atoms with Crippen molar-refractivity contribution in [1.82, 2.24) is 10.2 Å². The van der Waals surface area contributed by atoms with Gasteiger partial charge in [0.2, 0.25) is 0 Å². The summed E-state index contributed by atoms with van der Waals surface area (Å²) in [7, 11) is 0. The van der Waals surface area contributed by atoms with Gasteiger partial charge in [-0.3, -0.25) is 4.90 Å². The zero-order valence-electron chi connectivity index (χ0n) is 16.9. The van der Waals surface area contributed by atoms with E-state index in [9.17, 15) is 13.2 Å². The smallest absolute Gasteiger partial charge is 0.311 e. The van der Waals surface area contributed by atoms with Gasteiger partial charge in [0.25, 0.3) is 0 Å². The van der Waals surface area contributed by atoms with Crippen LogP contribution >= 0.6 is 0 Å². The van der Waals surface area contributed by atoms with Crippen LogP contribution in [0.1, 0.15) is 23.1 Å². The Morgan fingerprint density at radius 2 is 1.73 bits per heavy atom. The predicted octanol–water partition coefficient (Wildman–Crippen LogP) is 5.22. The molecule has 1 heterocycles. The molecule has 30 heavy (non-hydrogen) atoms. The molecule has 0 amide bonds. The van der Waals surface area contributed by atoms with E-state index in [0.717, 1.165) is 38.2 Å². The van der Waals surface area contributed by atoms with Crippen LogP contribution in [0.4, 0.5) is 13.2 Å². The molecule has 158 valence electrons. The summed E-state index contributed by atoms with van der Waals surface area (Å²) in [6.45, 7) is 3.69. The second kappa shape index (κ2) is 9.19. The van der Waals surface area contributed by atoms with Crippen LogP contribution in [-0.4, -0.2) is 36.8 Å². The zero-order valence-corrected chi connectivity index (χ0v) is 16.9. The fraction of sp³-hybridized carbons (Fsp3) is 0.360. The Labute approximate surface area is 176 Å². The molecule has 2 nitrogen and oxygen atoms in total. The molecule has 1 aliphatic carbocycles. The molecule has 2 aromatic rings. The van der Waals surface area contributed by atoms with E-state index in [4.69, 9.17) is 0 Å². The van der Waals surface area contributed by atoms with Crippen molar-refractivity contribution in [3.63, 3.8) is 0 Å². The van der Waals surface area contributed by atoms with Crippen molar-refractivity contribution in [1.29, 1.82) is 0 Å². The van der Waals surface area contributed by atoms with E-state index in [0.29, 0.717) is 17.2 Å². The molecule has 0 spiro atoms. The third kappa shape index (κ3) is 5.21. The maximum absolute atomic E-state index is 13.4. The van der Waals surface area contributed by atoms with Gasteiger partial charge in [-0.15, -0.1) is 0 Å². The largest absolute Gasteiger partial charge is 0.396 e. The van der Waals surface area contributed by atoms with Crippen molar-refractivity contribution in [2.24, 2.45) is 5.92 Å². The second-order valence-corrected chi connectivity index (χ2v) is 8.15. The molecule has 1 N–H and O–H groups in total. The first-order chi connectivity index (χ1) is 14.5. The molecule has 0 saturated carbocycles. The number of halogens is 3. The molecular weight excluding hydrogens is 385 g/mol. The number of rotatable bonds is 5. The normalized spacial score (nSPS) is 22.7. The highest BCUT2D eigenvalue weighted by Crippen LogP contribution is 2.41. The first-order valence-corrected chi connectivity index (χ1v) is 10.5. The summed E-state index contributed by atoms with van der Waals surface area (Å²) < 4.78 is 40.1. The molecule has 0 bridgehead atoms. The number of alkyl halides is 3. The third-order valence-electron chi connectivity index (χ3n) is 5.91. The van der Waals surface area contributed by atoms with E-state index in [-0.39, 0.29) is 6.42 Å². The minimum Gasteiger partial charge on any atom is -0.311 e. The van der Waals surface area contributed by atoms with Gasteiger partial charge in [-0.2, -0.15) is 13.2 Å². The summed E-state index contributed by atoms with van der Waals surface area (Å²) in [6.07, 6.45) is 1.70. The molecule has 1 aliphatic heterocycles. The number of piperazine rings is 1. The summed E-state index contributed by atoms with van der Waals surface area (Å²) in [5.41, 5.74) is 3.49. The molecule has 2 aromatic carbocycles. The molecular formula is C25H27F3N2. The fourth-order valence-corrected chi connectivity index (χ4v) is 4.37. The average molecular weight is 412 g/mol. The van der Waals surface area contributed by atoms with Crippen molar-refractivity contribution in [3.05, 3.63) is 89.5 Å². The second-order valence-electron chi connectivity index (χ2n) is 8.15. The summed E-state index contributed by atoms with van der Waals surface area (Å²) in [4.78, 5) is 2.42. The molecule has 1 fully saturated rings. The van der Waals surface area contributed by atoms with E-state index in [1.165, 1.54) is 5.56 Å². The van der Waals surface area contributed by atoms with E-state index in [1.54, 1.807) is 18.2 Å². The van der Waals surface area contributed by atoms with E-state index < -0.39 is 12.1 Å². The van der Waals surface area contributed by atoms with E-state index in [1.807, 2.05) is 30.3 Å². The van der Waals surface area contributed by atoms with E-state index >= 15 is 0 Å². The number of hydrogen-bond acceptors (Lipinski definition) is 2. The van der Waals surface area contributed by atoms with Crippen LogP contribution < -0.4 is 5.32 Å². The Hall–Kier alpha value is -2.37. The quantitative estimate of drug-likeness (QED) is 0.724. The minimum absolute atomic E-state index is 0.0145. The SMILES string of the molecule is FC(F)(F)C1CC=CC=C1c1ccc(CN2CCNC(Cc3ccccc3)C2)cc1. The minimum atomic E-state index is -4.22. The monoisotopic (exact) mass is 412 g/mol. The van der Waals surface area contributed by atoms with Crippen LogP contribution in [0.2, 0.25) is 0 Å². The highest BCUT2D eigenvalue weighted by molar-refractivity contribution is 5.71. The average Bonchev–Trinajstić information content (AvgIpc) is 2.75. The maximum atomic E-state index is 13.4. The van der Waals surface area contributed by atoms with Crippen molar-refractivity contribution in [3.8, 4) is 0 Å². The van der Waals surface area contributed by atoms with E-state index in [2.05, 4.69) is 34.5 Å². The van der Waals surface area contributed by atoms with Crippen molar-refractivity contribution < 1.29 is 13.2 Å². The van der Waals surface area contributed by atoms with Crippen LogP contribution in [0, 0.1) is 5.92 Å². The number of hydrogen-bond donors (Lipinski definition) is 1. The Balaban J connectivity index is 1.38. The highest BCUT2D eigenvalue weighted by atomic mass is 19.4. The Morgan fingerprint density at radius 1 is 0.967 bits per heavy atom. The molecule has 5 heteroatoms. The lowest BCUT2D eigenvalue weighted by Crippen LogP contribution is -2.51. The molecule has 2 aliphatic rings. The van der Waals surface area contributed by atoms with Crippen molar-refractivity contribution >= 4 is 5.57 Å². The number of allylic oxidation sites excluding steroid dienone is 4. The van der Waals surface area contributed by atoms with Crippen molar-refractivity contribution in [2.45, 2.75) is 31.6 Å². The number of nitrogens with one attached hydrogen (secondary N) is 1. The van der Waals surface area contributed by atoms with Gasteiger partial charge in [-0.05, 0) is 35.1 Å². The van der Waals surface area contributed by atoms with Crippen LogP contribution in [0.5, 0.6) is 0 Å². The zero-order chi connectivity index (χ0) is 21.0. The Kier molecular flexibility index (Phi) is 6.40. The molecule has 0 radical (unpaired) electrons. The summed E-state index contributed by atoms with van der Waals surface area (Å²) >= 11 is 0. The lowest BCUT2D eigenvalue weighted by molar-refractivity contribution is -0.157. The Bertz CT molecular complexity index is 885. The van der Waals surface area contributed by atoms with Crippen LogP contribution in [0.25, 0.3) is 5.57 Å². The third-order valence-corrected chi connectivity index (χ3v) is 5.91. The van der Waals surface area contributed by atoms with Crippen LogP contribution in [0.3, 0.4) is 0 Å². The van der Waals surface area contributed by atoms with Crippen molar-refractivity contribution in [2.75, 3.05) is 19.6 Å². The molecule has 1 saturated heterocycles. The summed E-state index contributed by atoms with van der Waals surface area (Å²) in [5.74, 6) is -1.42. The number of nitrogens with zero attached hydrogens (tertiary/aromatic N) is 1. The van der Waals surface area contributed by atoms with Crippen LogP contribution in [0.15, 0.2) is 72.8 Å².